The van der Waals surface area contributed by atoms with Crippen LogP contribution >= 0.6 is 0 Å². The molecule has 0 aliphatic heterocycles. The summed E-state index contributed by atoms with van der Waals surface area (Å²) in [6, 6.07) is 6.26. The molecule has 3 heteroatoms. The molecular formula is C15H21NO2. The predicted octanol–water partition coefficient (Wildman–Crippen LogP) is 2.64. The fourth-order valence-electron chi connectivity index (χ4n) is 2.66. The monoisotopic (exact) mass is 247 g/mol. The van der Waals surface area contributed by atoms with Gasteiger partial charge in [0, 0.05) is 6.92 Å². The third kappa shape index (κ3) is 2.72. The highest BCUT2D eigenvalue weighted by Gasteiger charge is 2.21. The molecule has 0 saturated carbocycles. The van der Waals surface area contributed by atoms with E-state index in [1.807, 2.05) is 13.0 Å². The molecule has 2 atom stereocenters. The van der Waals surface area contributed by atoms with E-state index in [-0.39, 0.29) is 11.9 Å². The van der Waals surface area contributed by atoms with Crippen LogP contribution in [0.15, 0.2) is 18.2 Å². The van der Waals surface area contributed by atoms with Crippen LogP contribution in [0.4, 0.5) is 0 Å². The first kappa shape index (κ1) is 13.1. The summed E-state index contributed by atoms with van der Waals surface area (Å²) in [6.45, 7) is 3.52. The molecule has 98 valence electrons. The van der Waals surface area contributed by atoms with E-state index in [2.05, 4.69) is 17.4 Å². The lowest BCUT2D eigenvalue weighted by Gasteiger charge is -2.27. The Morgan fingerprint density at radius 1 is 1.56 bits per heavy atom. The molecule has 2 rings (SSSR count). The van der Waals surface area contributed by atoms with Crippen LogP contribution < -0.4 is 5.32 Å². The summed E-state index contributed by atoms with van der Waals surface area (Å²) in [7, 11) is 0. The van der Waals surface area contributed by atoms with Crippen LogP contribution in [0.5, 0.6) is 0 Å². The van der Waals surface area contributed by atoms with Crippen molar-refractivity contribution >= 4 is 5.91 Å². The predicted molar refractivity (Wildman–Crippen MR) is 71.2 cm³/mol. The van der Waals surface area contributed by atoms with Crippen LogP contribution in [0.3, 0.4) is 0 Å². The second-order valence-corrected chi connectivity index (χ2v) is 5.03. The van der Waals surface area contributed by atoms with Crippen molar-refractivity contribution in [1.82, 2.24) is 5.32 Å². The lowest BCUT2D eigenvalue weighted by Crippen LogP contribution is -2.29. The van der Waals surface area contributed by atoms with Gasteiger partial charge in [-0.1, -0.05) is 25.1 Å². The number of hydrogen-bond donors (Lipinski definition) is 2. The normalized spacial score (nSPS) is 20.1. The lowest BCUT2D eigenvalue weighted by molar-refractivity contribution is -0.119. The standard InChI is InChI=1S/C15H21NO2/c1-3-15(18)12-8-7-11-5-4-6-14(13(11)9-12)16-10(2)17/h7-9,14-15,18H,3-6H2,1-2H3,(H,16,17). The molecule has 1 amide bonds. The maximum absolute atomic E-state index is 11.2. The summed E-state index contributed by atoms with van der Waals surface area (Å²) < 4.78 is 0. The zero-order valence-corrected chi connectivity index (χ0v) is 11.1. The van der Waals surface area contributed by atoms with E-state index in [1.54, 1.807) is 6.92 Å². The molecule has 18 heavy (non-hydrogen) atoms. The van der Waals surface area contributed by atoms with Crippen LogP contribution in [0.25, 0.3) is 0 Å². The van der Waals surface area contributed by atoms with Gasteiger partial charge in [0.05, 0.1) is 12.1 Å². The number of aliphatic hydroxyl groups is 1. The van der Waals surface area contributed by atoms with Gasteiger partial charge in [-0.3, -0.25) is 4.79 Å². The molecule has 0 saturated heterocycles. The van der Waals surface area contributed by atoms with Crippen LogP contribution in [-0.2, 0) is 11.2 Å². The number of carbonyl (C=O) groups excluding carboxylic acids is 1. The van der Waals surface area contributed by atoms with Gasteiger partial charge in [-0.2, -0.15) is 0 Å². The quantitative estimate of drug-likeness (QED) is 0.862. The number of hydrogen-bond acceptors (Lipinski definition) is 2. The average Bonchev–Trinajstić information content (AvgIpc) is 2.37. The second kappa shape index (κ2) is 5.53. The molecule has 0 spiro atoms. The Morgan fingerprint density at radius 2 is 2.33 bits per heavy atom. The Morgan fingerprint density at radius 3 is 3.00 bits per heavy atom. The molecule has 2 N–H and O–H groups in total. The molecule has 1 aliphatic rings. The van der Waals surface area contributed by atoms with E-state index in [0.717, 1.165) is 24.8 Å². The van der Waals surface area contributed by atoms with Crippen molar-refractivity contribution < 1.29 is 9.90 Å². The molecule has 1 aliphatic carbocycles. The molecule has 1 aromatic rings. The number of aryl methyl sites for hydroxylation is 1. The summed E-state index contributed by atoms with van der Waals surface area (Å²) in [5, 5.41) is 12.9. The van der Waals surface area contributed by atoms with Crippen molar-refractivity contribution in [3.8, 4) is 0 Å². The van der Waals surface area contributed by atoms with Crippen molar-refractivity contribution in [2.45, 2.75) is 51.7 Å². The number of amides is 1. The van der Waals surface area contributed by atoms with Crippen molar-refractivity contribution in [2.75, 3.05) is 0 Å². The molecule has 0 bridgehead atoms. The first-order chi connectivity index (χ1) is 8.61. The average molecular weight is 247 g/mol. The van der Waals surface area contributed by atoms with Crippen LogP contribution in [0, 0.1) is 0 Å². The van der Waals surface area contributed by atoms with E-state index < -0.39 is 6.10 Å². The fraction of sp³-hybridized carbons (Fsp3) is 0.533. The first-order valence-electron chi connectivity index (χ1n) is 6.69. The number of fused-ring (bicyclic) bond motifs is 1. The minimum absolute atomic E-state index is 0.00860. The molecule has 0 aromatic heterocycles. The number of nitrogens with one attached hydrogen (secondary N) is 1. The van der Waals surface area contributed by atoms with Gasteiger partial charge >= 0.3 is 0 Å². The zero-order valence-electron chi connectivity index (χ0n) is 11.1. The highest BCUT2D eigenvalue weighted by atomic mass is 16.3. The summed E-state index contributed by atoms with van der Waals surface area (Å²) in [4.78, 5) is 11.2. The summed E-state index contributed by atoms with van der Waals surface area (Å²) in [5.74, 6) is 0.00860. The summed E-state index contributed by atoms with van der Waals surface area (Å²) in [6.07, 6.45) is 3.46. The van der Waals surface area contributed by atoms with Crippen molar-refractivity contribution in [3.05, 3.63) is 34.9 Å². The minimum atomic E-state index is -0.407. The van der Waals surface area contributed by atoms with Gasteiger partial charge in [-0.15, -0.1) is 0 Å². The summed E-state index contributed by atoms with van der Waals surface area (Å²) >= 11 is 0. The van der Waals surface area contributed by atoms with Gasteiger partial charge in [0.15, 0.2) is 0 Å². The molecular weight excluding hydrogens is 226 g/mol. The molecule has 0 heterocycles. The second-order valence-electron chi connectivity index (χ2n) is 5.03. The van der Waals surface area contributed by atoms with E-state index in [4.69, 9.17) is 0 Å². The third-order valence-corrected chi connectivity index (χ3v) is 3.63. The van der Waals surface area contributed by atoms with Crippen LogP contribution in [-0.4, -0.2) is 11.0 Å². The summed E-state index contributed by atoms with van der Waals surface area (Å²) in [5.41, 5.74) is 3.43. The maximum Gasteiger partial charge on any atom is 0.217 e. The number of aliphatic hydroxyl groups excluding tert-OH is 1. The zero-order chi connectivity index (χ0) is 13.1. The van der Waals surface area contributed by atoms with E-state index in [1.165, 1.54) is 11.1 Å². The Kier molecular flexibility index (Phi) is 4.02. The topological polar surface area (TPSA) is 49.3 Å². The van der Waals surface area contributed by atoms with Gasteiger partial charge in [-0.05, 0) is 42.4 Å². The Balaban J connectivity index is 2.31. The van der Waals surface area contributed by atoms with Gasteiger partial charge in [0.2, 0.25) is 5.91 Å². The van der Waals surface area contributed by atoms with Gasteiger partial charge in [-0.25, -0.2) is 0 Å². The van der Waals surface area contributed by atoms with E-state index in [9.17, 15) is 9.90 Å². The van der Waals surface area contributed by atoms with Gasteiger partial charge in [0.25, 0.3) is 0 Å². The maximum atomic E-state index is 11.2. The van der Waals surface area contributed by atoms with Crippen molar-refractivity contribution in [2.24, 2.45) is 0 Å². The molecule has 0 radical (unpaired) electrons. The van der Waals surface area contributed by atoms with E-state index in [0.29, 0.717) is 6.42 Å². The highest BCUT2D eigenvalue weighted by molar-refractivity contribution is 5.73. The number of carbonyl (C=O) groups is 1. The van der Waals surface area contributed by atoms with Crippen LogP contribution in [0.2, 0.25) is 0 Å². The smallest absolute Gasteiger partial charge is 0.217 e. The van der Waals surface area contributed by atoms with E-state index >= 15 is 0 Å². The van der Waals surface area contributed by atoms with Gasteiger partial charge < -0.3 is 10.4 Å². The van der Waals surface area contributed by atoms with Gasteiger partial charge in [0.1, 0.15) is 0 Å². The molecule has 2 unspecified atom stereocenters. The SMILES string of the molecule is CCC(O)c1ccc2c(c1)C(NC(C)=O)CCC2. The Labute approximate surface area is 108 Å². The molecule has 0 fully saturated rings. The molecule has 3 nitrogen and oxygen atoms in total. The Bertz CT molecular complexity index is 442. The third-order valence-electron chi connectivity index (χ3n) is 3.63. The number of benzene rings is 1. The Hall–Kier alpha value is -1.35. The largest absolute Gasteiger partial charge is 0.388 e. The van der Waals surface area contributed by atoms with Crippen molar-refractivity contribution in [3.63, 3.8) is 0 Å². The minimum Gasteiger partial charge on any atom is -0.388 e. The highest BCUT2D eigenvalue weighted by Crippen LogP contribution is 2.32. The number of rotatable bonds is 3. The lowest BCUT2D eigenvalue weighted by atomic mass is 9.85. The van der Waals surface area contributed by atoms with Crippen LogP contribution in [0.1, 0.15) is 61.9 Å². The fourth-order valence-corrected chi connectivity index (χ4v) is 2.66. The first-order valence-corrected chi connectivity index (χ1v) is 6.69. The molecule has 1 aromatic carbocycles. The van der Waals surface area contributed by atoms with Crippen molar-refractivity contribution in [1.29, 1.82) is 0 Å².